The zero-order valence-electron chi connectivity index (χ0n) is 5.51. The quantitative estimate of drug-likeness (QED) is 0.453. The summed E-state index contributed by atoms with van der Waals surface area (Å²) in [5, 5.41) is 25.1. The van der Waals surface area contributed by atoms with Crippen LogP contribution in [0.1, 0.15) is 0 Å². The van der Waals surface area contributed by atoms with E-state index < -0.39 is 37.1 Å². The molecule has 0 spiro atoms. The fourth-order valence-corrected chi connectivity index (χ4v) is 0. The first-order valence-electron chi connectivity index (χ1n) is 1.92. The molecule has 13 heavy (non-hydrogen) atoms. The van der Waals surface area contributed by atoms with Crippen molar-refractivity contribution in [1.29, 1.82) is 0 Å². The van der Waals surface area contributed by atoms with Gasteiger partial charge < -0.3 is 0 Å². The van der Waals surface area contributed by atoms with Crippen molar-refractivity contribution in [3.8, 4) is 0 Å². The molecule has 8 nitrogen and oxygen atoms in total. The van der Waals surface area contributed by atoms with Crippen molar-refractivity contribution in [1.82, 2.24) is 0 Å². The van der Waals surface area contributed by atoms with E-state index in [1.807, 2.05) is 0 Å². The van der Waals surface area contributed by atoms with Crippen molar-refractivity contribution in [2.24, 2.45) is 0 Å². The molecule has 0 unspecified atom stereocenters. The standard InChI is InChI=1S/Ce.4ClH.2H2NO3/c;;;;;2*2-1(3)4/h;4*1H;2*(H2,2,3,4)/q+4;;;;;2*+1/p-4. The van der Waals surface area contributed by atoms with Crippen molar-refractivity contribution in [3.63, 3.8) is 0 Å². The maximum atomic E-state index is 8.47. The molecule has 0 radical (unpaired) electrons. The Morgan fingerprint density at radius 2 is 0.769 bits per heavy atom. The molecule has 0 aromatic carbocycles. The molecule has 4 N–H and O–H groups in total. The van der Waals surface area contributed by atoms with Crippen LogP contribution in [0.3, 0.4) is 0 Å². The molecular weight excluding hydrogens is 406 g/mol. The second-order valence-corrected chi connectivity index (χ2v) is 28.6. The summed E-state index contributed by atoms with van der Waals surface area (Å²) in [4.78, 5) is 16.9. The van der Waals surface area contributed by atoms with Crippen LogP contribution in [0.5, 0.6) is 0 Å². The average molecular weight is 410 g/mol. The van der Waals surface area contributed by atoms with Crippen LogP contribution in [-0.2, 0) is 0 Å². The van der Waals surface area contributed by atoms with E-state index in [1.54, 1.807) is 0 Å². The molecule has 80 valence electrons. The van der Waals surface area contributed by atoms with Gasteiger partial charge in [-0.2, -0.15) is 0 Å². The first kappa shape index (κ1) is 19.5. The van der Waals surface area contributed by atoms with E-state index in [-0.39, 0.29) is 0 Å². The molecule has 0 aromatic rings. The van der Waals surface area contributed by atoms with Crippen molar-refractivity contribution in [3.05, 3.63) is 9.81 Å². The Morgan fingerprint density at radius 1 is 0.769 bits per heavy atom. The van der Waals surface area contributed by atoms with Crippen LogP contribution in [0, 0.1) is 36.8 Å². The maximum absolute atomic E-state index is 8.47. The van der Waals surface area contributed by atoms with Crippen LogP contribution >= 0.6 is 22.5 Å². The Labute approximate surface area is 88.8 Å². The van der Waals surface area contributed by atoms with Gasteiger partial charge >= 0.3 is 59.7 Å². The molecule has 0 saturated carbocycles. The van der Waals surface area contributed by atoms with Gasteiger partial charge in [-0.15, -0.1) is 0 Å². The van der Waals surface area contributed by atoms with Gasteiger partial charge in [-0.05, 0) is 0 Å². The summed E-state index contributed by atoms with van der Waals surface area (Å²) >= 11 is -3.39. The number of hydrogen-bond acceptors (Lipinski definition) is 2. The van der Waals surface area contributed by atoms with Gasteiger partial charge in [0.25, 0.3) is 0 Å². The minimum atomic E-state index is -3.39. The van der Waals surface area contributed by atoms with Crippen molar-refractivity contribution < 1.29 is 58.0 Å². The van der Waals surface area contributed by atoms with Gasteiger partial charge in [0.15, 0.2) is 0 Å². The van der Waals surface area contributed by atoms with E-state index in [2.05, 4.69) is 0 Å². The third-order valence-electron chi connectivity index (χ3n) is 0. The fraction of sp³-hybridized carbons (Fsp3) is 0. The predicted octanol–water partition coefficient (Wildman–Crippen LogP) is 1.85. The summed E-state index contributed by atoms with van der Waals surface area (Å²) in [6.45, 7) is 0. The zero-order valence-corrected chi connectivity index (χ0v) is 11.7. The third kappa shape index (κ3) is 1760. The van der Waals surface area contributed by atoms with Crippen LogP contribution in [0.15, 0.2) is 0 Å². The Kier molecular flexibility index (Phi) is 16.5. The van der Waals surface area contributed by atoms with E-state index >= 15 is 0 Å². The van der Waals surface area contributed by atoms with Crippen molar-refractivity contribution in [2.45, 2.75) is 0 Å². The van der Waals surface area contributed by atoms with Gasteiger partial charge in [-0.25, -0.2) is 20.8 Å². The van der Waals surface area contributed by atoms with E-state index in [1.165, 1.54) is 0 Å². The molecule has 0 atom stereocenters. The van der Waals surface area contributed by atoms with Gasteiger partial charge in [0.2, 0.25) is 0 Å². The van der Waals surface area contributed by atoms with Crippen LogP contribution in [0.4, 0.5) is 0 Å². The van der Waals surface area contributed by atoms with E-state index in [4.69, 9.17) is 53.2 Å². The monoisotopic (exact) mass is 408 g/mol. The Hall–Kier alpha value is 0.937. The van der Waals surface area contributed by atoms with E-state index in [0.29, 0.717) is 0 Å². The summed E-state index contributed by atoms with van der Waals surface area (Å²) in [6, 6.07) is 0. The number of hydrogen-bond donors (Lipinski definition) is 4. The molecule has 0 heterocycles. The third-order valence-corrected chi connectivity index (χ3v) is 0. The summed E-state index contributed by atoms with van der Waals surface area (Å²) in [5.41, 5.74) is 20.2. The summed E-state index contributed by atoms with van der Waals surface area (Å²) in [5.74, 6) is 0. The van der Waals surface area contributed by atoms with Crippen molar-refractivity contribution >= 4 is 22.5 Å². The number of nitrogens with zero attached hydrogens (tertiary/aromatic N) is 2. The van der Waals surface area contributed by atoms with Gasteiger partial charge in [0.1, 0.15) is 9.81 Å². The molecule has 0 aliphatic carbocycles. The molecule has 0 aliphatic heterocycles. The van der Waals surface area contributed by atoms with Crippen LogP contribution in [0.25, 0.3) is 0 Å². The Bertz CT molecular complexity index is 129. The van der Waals surface area contributed by atoms with E-state index in [0.717, 1.165) is 0 Å². The molecule has 0 saturated heterocycles. The average Bonchev–Trinajstić information content (AvgIpc) is 1.50. The molecule has 0 amide bonds. The fourth-order valence-electron chi connectivity index (χ4n) is 0. The SMILES string of the molecule is O=[N+](O)O.O=[N+](O)O.[Cl][Ce]([Cl])([Cl])[Cl]. The molecule has 0 aromatic heterocycles. The normalized spacial score (nSPS) is 8.31. The van der Waals surface area contributed by atoms with Gasteiger partial charge in [-0.1, -0.05) is 0 Å². The predicted molar refractivity (Wildman–Crippen MR) is 37.8 cm³/mol. The zero-order chi connectivity index (χ0) is 11.7. The van der Waals surface area contributed by atoms with Gasteiger partial charge in [0, 0.05) is 0 Å². The van der Waals surface area contributed by atoms with Crippen LogP contribution in [0.2, 0.25) is 0 Å². The van der Waals surface area contributed by atoms with Gasteiger partial charge in [0.05, 0.1) is 0 Å². The number of halogens is 4. The van der Waals surface area contributed by atoms with Crippen LogP contribution in [-0.4, -0.2) is 31.0 Å². The summed E-state index contributed by atoms with van der Waals surface area (Å²) < 4.78 is 0. The Balaban J connectivity index is -0.000000117. The minimum absolute atomic E-state index is 1.25. The topological polar surface area (TPSA) is 121 Å². The van der Waals surface area contributed by atoms with E-state index in [9.17, 15) is 0 Å². The second kappa shape index (κ2) is 11.0. The molecule has 0 bridgehead atoms. The molecule has 0 rings (SSSR count). The summed E-state index contributed by atoms with van der Waals surface area (Å²) in [7, 11) is 0. The summed E-state index contributed by atoms with van der Waals surface area (Å²) in [6.07, 6.45) is 0. The molecule has 0 aliphatic rings. The van der Waals surface area contributed by atoms with Crippen molar-refractivity contribution in [2.75, 3.05) is 0 Å². The Morgan fingerprint density at radius 3 is 0.769 bits per heavy atom. The van der Waals surface area contributed by atoms with Gasteiger partial charge in [-0.3, -0.25) is 0 Å². The molecule has 13 heteroatoms. The first-order valence-corrected chi connectivity index (χ1v) is 17.7. The first-order chi connectivity index (χ1) is 5.46. The molecule has 0 fully saturated rings. The van der Waals surface area contributed by atoms with Crippen LogP contribution < -0.4 is 0 Å². The number of rotatable bonds is 0. The molecular formula is H4CeCl4N2O6+2. The second-order valence-electron chi connectivity index (χ2n) is 0.934.